The summed E-state index contributed by atoms with van der Waals surface area (Å²) in [4.78, 5) is 13.7. The van der Waals surface area contributed by atoms with Crippen molar-refractivity contribution in [2.24, 2.45) is 7.05 Å². The van der Waals surface area contributed by atoms with Gasteiger partial charge in [0.25, 0.3) is 0 Å². The first-order valence-corrected chi connectivity index (χ1v) is 6.14. The van der Waals surface area contributed by atoms with Crippen LogP contribution in [-0.4, -0.2) is 14.5 Å². The molecule has 4 aromatic rings. The molecule has 2 aromatic heterocycles. The van der Waals surface area contributed by atoms with E-state index in [1.54, 1.807) is 0 Å². The van der Waals surface area contributed by atoms with E-state index < -0.39 is 0 Å². The largest absolute Gasteiger partial charge is 0.433 e. The Morgan fingerprint density at radius 3 is 2.35 bits per heavy atom. The molecule has 0 amide bonds. The van der Waals surface area contributed by atoms with Gasteiger partial charge in [-0.1, -0.05) is 36.4 Å². The quantitative estimate of drug-likeness (QED) is 0.456. The summed E-state index contributed by atoms with van der Waals surface area (Å²) in [5.74, 6) is 1.48. The van der Waals surface area contributed by atoms with Crippen LogP contribution in [0.2, 0.25) is 0 Å². The van der Waals surface area contributed by atoms with Gasteiger partial charge < -0.3 is 14.5 Å². The summed E-state index contributed by atoms with van der Waals surface area (Å²) in [5.41, 5.74) is 3.87. The number of para-hydroxylation sites is 4. The molecular formula is C15H11N4Pt-. The number of imidazole rings is 2. The number of hydrogen-bond donors (Lipinski definition) is 0. The van der Waals surface area contributed by atoms with Crippen molar-refractivity contribution < 1.29 is 21.1 Å². The Morgan fingerprint density at radius 1 is 0.900 bits per heavy atom. The average molecular weight is 442 g/mol. The third kappa shape index (κ3) is 1.88. The van der Waals surface area contributed by atoms with E-state index >= 15 is 0 Å². The van der Waals surface area contributed by atoms with Gasteiger partial charge in [0.05, 0.1) is 11.0 Å². The second-order valence-corrected chi connectivity index (χ2v) is 4.52. The fraction of sp³-hybridized carbons (Fsp3) is 0.0667. The van der Waals surface area contributed by atoms with Gasteiger partial charge in [-0.15, -0.1) is 0 Å². The molecule has 0 aliphatic rings. The Hall–Kier alpha value is -1.93. The number of aromatic nitrogens is 4. The van der Waals surface area contributed by atoms with Crippen molar-refractivity contribution in [1.29, 1.82) is 0 Å². The summed E-state index contributed by atoms with van der Waals surface area (Å²) in [7, 11) is 1.99. The van der Waals surface area contributed by atoms with Crippen molar-refractivity contribution in [3.05, 3.63) is 48.5 Å². The van der Waals surface area contributed by atoms with Crippen LogP contribution < -0.4 is 4.98 Å². The number of rotatable bonds is 1. The first kappa shape index (κ1) is 13.1. The minimum Gasteiger partial charge on any atom is -0.433 e. The Morgan fingerprint density at radius 2 is 1.60 bits per heavy atom. The molecule has 2 heterocycles. The topological polar surface area (TPSA) is 44.8 Å². The minimum absolute atomic E-state index is 0. The number of fused-ring (bicyclic) bond motifs is 2. The van der Waals surface area contributed by atoms with Gasteiger partial charge in [0, 0.05) is 28.1 Å². The molecule has 0 spiro atoms. The first-order chi connectivity index (χ1) is 9.33. The van der Waals surface area contributed by atoms with Crippen LogP contribution in [0.3, 0.4) is 0 Å². The number of nitrogens with zero attached hydrogens (tertiary/aromatic N) is 4. The third-order valence-electron chi connectivity index (χ3n) is 3.32. The van der Waals surface area contributed by atoms with Crippen LogP contribution >= 0.6 is 0 Å². The van der Waals surface area contributed by atoms with E-state index in [2.05, 4.69) is 21.0 Å². The number of aryl methyl sites for hydroxylation is 1. The third-order valence-corrected chi connectivity index (χ3v) is 3.32. The summed E-state index contributed by atoms with van der Waals surface area (Å²) in [6, 6.07) is 15.9. The maximum atomic E-state index is 4.62. The SMILES string of the molecule is Cn1c(-c2nc3ccccc3[n-]2)nc2ccccc21.[Pt]. The Labute approximate surface area is 130 Å². The van der Waals surface area contributed by atoms with Crippen molar-refractivity contribution in [2.75, 3.05) is 0 Å². The zero-order chi connectivity index (χ0) is 12.8. The van der Waals surface area contributed by atoms with Crippen molar-refractivity contribution in [3.8, 4) is 11.6 Å². The van der Waals surface area contributed by atoms with Crippen LogP contribution in [-0.2, 0) is 28.1 Å². The summed E-state index contributed by atoms with van der Waals surface area (Å²) in [6.07, 6.45) is 0. The van der Waals surface area contributed by atoms with Gasteiger partial charge in [-0.05, 0) is 29.0 Å². The van der Waals surface area contributed by atoms with Gasteiger partial charge in [-0.3, -0.25) is 0 Å². The normalized spacial score (nSPS) is 10.8. The van der Waals surface area contributed by atoms with E-state index in [9.17, 15) is 0 Å². The van der Waals surface area contributed by atoms with E-state index in [0.717, 1.165) is 27.9 Å². The zero-order valence-electron chi connectivity index (χ0n) is 10.7. The van der Waals surface area contributed by atoms with Crippen molar-refractivity contribution >= 4 is 22.1 Å². The van der Waals surface area contributed by atoms with E-state index in [-0.39, 0.29) is 21.1 Å². The Balaban J connectivity index is 0.00000121. The van der Waals surface area contributed by atoms with Crippen LogP contribution in [0.15, 0.2) is 48.5 Å². The van der Waals surface area contributed by atoms with Crippen LogP contribution in [0.4, 0.5) is 0 Å². The maximum absolute atomic E-state index is 4.62. The standard InChI is InChI=1S/C15H11N4.Pt/c1-19-13-9-5-4-8-12(13)18-15(19)14-16-10-6-2-3-7-11(10)17-14;/h2-9H,1H3;/q-1;. The molecular weight excluding hydrogens is 431 g/mol. The molecule has 0 N–H and O–H groups in total. The van der Waals surface area contributed by atoms with E-state index in [1.165, 1.54) is 0 Å². The average Bonchev–Trinajstić information content (AvgIpc) is 3.00. The summed E-state index contributed by atoms with van der Waals surface area (Å²) in [6.45, 7) is 0. The molecule has 5 heteroatoms. The number of benzene rings is 2. The molecule has 0 saturated carbocycles. The molecule has 0 bridgehead atoms. The molecule has 0 fully saturated rings. The van der Waals surface area contributed by atoms with Crippen LogP contribution in [0, 0.1) is 0 Å². The van der Waals surface area contributed by atoms with Gasteiger partial charge in [0.15, 0.2) is 0 Å². The van der Waals surface area contributed by atoms with Gasteiger partial charge in [0.1, 0.15) is 5.82 Å². The fourth-order valence-electron chi connectivity index (χ4n) is 2.35. The Kier molecular flexibility index (Phi) is 3.19. The van der Waals surface area contributed by atoms with Crippen molar-refractivity contribution in [2.45, 2.75) is 0 Å². The van der Waals surface area contributed by atoms with Gasteiger partial charge in [-0.2, -0.15) is 0 Å². The van der Waals surface area contributed by atoms with E-state index in [0.29, 0.717) is 5.82 Å². The number of hydrogen-bond acceptors (Lipinski definition) is 2. The second-order valence-electron chi connectivity index (χ2n) is 4.52. The second kappa shape index (κ2) is 4.87. The summed E-state index contributed by atoms with van der Waals surface area (Å²) >= 11 is 0. The van der Waals surface area contributed by atoms with Gasteiger partial charge in [-0.25, -0.2) is 4.98 Å². The van der Waals surface area contributed by atoms with E-state index in [1.807, 2.05) is 54.1 Å². The van der Waals surface area contributed by atoms with Crippen LogP contribution in [0.1, 0.15) is 0 Å². The predicted molar refractivity (Wildman–Crippen MR) is 74.8 cm³/mol. The first-order valence-electron chi connectivity index (χ1n) is 6.14. The van der Waals surface area contributed by atoms with Crippen LogP contribution in [0.5, 0.6) is 0 Å². The molecule has 4 nitrogen and oxygen atoms in total. The predicted octanol–water partition coefficient (Wildman–Crippen LogP) is 2.74. The molecule has 0 saturated heterocycles. The molecule has 4 rings (SSSR count). The molecule has 20 heavy (non-hydrogen) atoms. The Bertz CT molecular complexity index is 858. The molecule has 0 aliphatic carbocycles. The maximum Gasteiger partial charge on any atom is 0.132 e. The van der Waals surface area contributed by atoms with Crippen molar-refractivity contribution in [1.82, 2.24) is 19.5 Å². The summed E-state index contributed by atoms with van der Waals surface area (Å²) in [5, 5.41) is 0. The van der Waals surface area contributed by atoms with E-state index in [4.69, 9.17) is 0 Å². The molecule has 0 atom stereocenters. The smallest absolute Gasteiger partial charge is 0.132 e. The molecule has 0 unspecified atom stereocenters. The van der Waals surface area contributed by atoms with Crippen molar-refractivity contribution in [3.63, 3.8) is 0 Å². The molecule has 102 valence electrons. The monoisotopic (exact) mass is 442 g/mol. The van der Waals surface area contributed by atoms with Gasteiger partial charge in [0.2, 0.25) is 0 Å². The molecule has 0 aliphatic heterocycles. The van der Waals surface area contributed by atoms with Crippen LogP contribution in [0.25, 0.3) is 33.7 Å². The zero-order valence-corrected chi connectivity index (χ0v) is 13.0. The van der Waals surface area contributed by atoms with Gasteiger partial charge >= 0.3 is 0 Å². The minimum atomic E-state index is 0. The summed E-state index contributed by atoms with van der Waals surface area (Å²) < 4.78 is 2.03. The fourth-order valence-corrected chi connectivity index (χ4v) is 2.35. The molecule has 2 aromatic carbocycles. The molecule has 0 radical (unpaired) electrons.